The van der Waals surface area contributed by atoms with Gasteiger partial charge in [-0.05, 0) is 18.2 Å². The molecule has 0 aliphatic carbocycles. The Balaban J connectivity index is 3.30. The van der Waals surface area contributed by atoms with Crippen LogP contribution in [-0.2, 0) is 6.18 Å². The zero-order chi connectivity index (χ0) is 13.9. The lowest BCUT2D eigenvalue weighted by Gasteiger charge is -2.14. The molecule has 1 aromatic carbocycles. The molecule has 0 unspecified atom stereocenters. The van der Waals surface area contributed by atoms with Crippen molar-refractivity contribution in [1.82, 2.24) is 0 Å². The van der Waals surface area contributed by atoms with Gasteiger partial charge in [-0.2, -0.15) is 13.2 Å². The van der Waals surface area contributed by atoms with Gasteiger partial charge in [0.1, 0.15) is 0 Å². The Morgan fingerprint density at radius 1 is 1.39 bits per heavy atom. The molecule has 0 radical (unpaired) electrons. The number of amidine groups is 1. The molecular weight excluding hydrogens is 265 g/mol. The number of hydrogen-bond acceptors (Lipinski definition) is 3. The first kappa shape index (κ1) is 14.7. The van der Waals surface area contributed by atoms with Crippen molar-refractivity contribution in [3.05, 3.63) is 29.3 Å². The first-order chi connectivity index (χ1) is 8.25. The lowest BCUT2D eigenvalue weighted by Crippen LogP contribution is -2.20. The maximum absolute atomic E-state index is 12.7. The highest BCUT2D eigenvalue weighted by molar-refractivity contribution is 7.99. The molecular formula is C11H13F3N2OS. The predicted molar refractivity (Wildman–Crippen MR) is 64.9 cm³/mol. The van der Waals surface area contributed by atoms with Crippen molar-refractivity contribution in [2.75, 3.05) is 0 Å². The molecule has 7 heteroatoms. The van der Waals surface area contributed by atoms with Gasteiger partial charge in [0.15, 0.2) is 5.84 Å². The lowest BCUT2D eigenvalue weighted by molar-refractivity contribution is -0.137. The van der Waals surface area contributed by atoms with Crippen molar-refractivity contribution in [2.24, 2.45) is 10.9 Å². The molecule has 0 saturated heterocycles. The smallest absolute Gasteiger partial charge is 0.409 e. The molecule has 3 N–H and O–H groups in total. The van der Waals surface area contributed by atoms with Crippen molar-refractivity contribution in [1.29, 1.82) is 0 Å². The number of nitrogens with zero attached hydrogens (tertiary/aromatic N) is 1. The Labute approximate surface area is 107 Å². The van der Waals surface area contributed by atoms with Crippen LogP contribution in [0.15, 0.2) is 28.3 Å². The summed E-state index contributed by atoms with van der Waals surface area (Å²) in [5, 5.41) is 11.4. The van der Waals surface area contributed by atoms with Gasteiger partial charge in [0.25, 0.3) is 0 Å². The van der Waals surface area contributed by atoms with Crippen LogP contribution in [0.5, 0.6) is 0 Å². The van der Waals surface area contributed by atoms with Crippen molar-refractivity contribution >= 4 is 17.6 Å². The standard InChI is InChI=1S/C11H13F3N2OS/c1-6(2)18-7-3-4-9(11(12,13)14)8(5-7)10(15)16-17/h3-6,17H,1-2H3,(H2,15,16). The minimum absolute atomic E-state index is 0.224. The summed E-state index contributed by atoms with van der Waals surface area (Å²) in [5.74, 6) is -0.548. The summed E-state index contributed by atoms with van der Waals surface area (Å²) in [5.41, 5.74) is 4.06. The van der Waals surface area contributed by atoms with Gasteiger partial charge in [0.2, 0.25) is 0 Å². The van der Waals surface area contributed by atoms with Crippen LogP contribution < -0.4 is 5.73 Å². The van der Waals surface area contributed by atoms with Gasteiger partial charge < -0.3 is 10.9 Å². The minimum Gasteiger partial charge on any atom is -0.409 e. The third kappa shape index (κ3) is 3.56. The highest BCUT2D eigenvalue weighted by atomic mass is 32.2. The minimum atomic E-state index is -4.54. The van der Waals surface area contributed by atoms with E-state index < -0.39 is 17.6 Å². The van der Waals surface area contributed by atoms with E-state index in [4.69, 9.17) is 10.9 Å². The third-order valence-corrected chi connectivity index (χ3v) is 3.05. The van der Waals surface area contributed by atoms with Crippen LogP contribution in [0.2, 0.25) is 0 Å². The lowest BCUT2D eigenvalue weighted by atomic mass is 10.1. The van der Waals surface area contributed by atoms with Crippen LogP contribution in [0.1, 0.15) is 25.0 Å². The van der Waals surface area contributed by atoms with Crippen molar-refractivity contribution in [2.45, 2.75) is 30.2 Å². The molecule has 1 rings (SSSR count). The Morgan fingerprint density at radius 3 is 2.44 bits per heavy atom. The highest BCUT2D eigenvalue weighted by Gasteiger charge is 2.34. The van der Waals surface area contributed by atoms with Crippen molar-refractivity contribution in [3.8, 4) is 0 Å². The molecule has 0 bridgehead atoms. The largest absolute Gasteiger partial charge is 0.417 e. The van der Waals surface area contributed by atoms with Crippen LogP contribution in [0.3, 0.4) is 0 Å². The Hall–Kier alpha value is -1.37. The molecule has 1 aromatic rings. The quantitative estimate of drug-likeness (QED) is 0.293. The van der Waals surface area contributed by atoms with E-state index in [1.54, 1.807) is 0 Å². The summed E-state index contributed by atoms with van der Waals surface area (Å²) in [6.45, 7) is 3.84. The number of benzene rings is 1. The summed E-state index contributed by atoms with van der Waals surface area (Å²) in [7, 11) is 0. The molecule has 0 aliphatic heterocycles. The van der Waals surface area contributed by atoms with Crippen LogP contribution in [0.25, 0.3) is 0 Å². The summed E-state index contributed by atoms with van der Waals surface area (Å²) in [6.07, 6.45) is -4.54. The van der Waals surface area contributed by atoms with Crippen LogP contribution in [0, 0.1) is 0 Å². The zero-order valence-electron chi connectivity index (χ0n) is 9.82. The second-order valence-corrected chi connectivity index (χ2v) is 5.51. The maximum Gasteiger partial charge on any atom is 0.417 e. The topological polar surface area (TPSA) is 58.6 Å². The Morgan fingerprint density at radius 2 is 2.00 bits per heavy atom. The molecule has 100 valence electrons. The van der Waals surface area contributed by atoms with Crippen LogP contribution in [-0.4, -0.2) is 16.3 Å². The third-order valence-electron chi connectivity index (χ3n) is 2.05. The SMILES string of the molecule is CC(C)Sc1ccc(C(F)(F)F)c(/C(N)=N/O)c1. The van der Waals surface area contributed by atoms with E-state index in [0.29, 0.717) is 4.90 Å². The van der Waals surface area contributed by atoms with E-state index in [-0.39, 0.29) is 10.8 Å². The predicted octanol–water partition coefficient (Wildman–Crippen LogP) is 3.30. The fraction of sp³-hybridized carbons (Fsp3) is 0.364. The molecule has 0 atom stereocenters. The number of thioether (sulfide) groups is 1. The Kier molecular flexibility index (Phi) is 4.50. The van der Waals surface area contributed by atoms with Crippen molar-refractivity contribution < 1.29 is 18.4 Å². The number of alkyl halides is 3. The van der Waals surface area contributed by atoms with Crippen LogP contribution in [0.4, 0.5) is 13.2 Å². The van der Waals surface area contributed by atoms with Crippen molar-refractivity contribution in [3.63, 3.8) is 0 Å². The zero-order valence-corrected chi connectivity index (χ0v) is 10.6. The van der Waals surface area contributed by atoms with Gasteiger partial charge in [0.05, 0.1) is 5.56 Å². The maximum atomic E-state index is 12.7. The average molecular weight is 278 g/mol. The average Bonchev–Trinajstić information content (AvgIpc) is 2.25. The van der Waals surface area contributed by atoms with E-state index in [1.165, 1.54) is 23.9 Å². The highest BCUT2D eigenvalue weighted by Crippen LogP contribution is 2.34. The van der Waals surface area contributed by atoms with E-state index in [0.717, 1.165) is 6.07 Å². The number of rotatable bonds is 3. The molecule has 0 saturated carbocycles. The summed E-state index contributed by atoms with van der Waals surface area (Å²) in [6, 6.07) is 3.60. The molecule has 0 amide bonds. The summed E-state index contributed by atoms with van der Waals surface area (Å²) in [4.78, 5) is 0.639. The number of oxime groups is 1. The van der Waals surface area contributed by atoms with Gasteiger partial charge in [-0.1, -0.05) is 19.0 Å². The van der Waals surface area contributed by atoms with Gasteiger partial charge in [-0.25, -0.2) is 0 Å². The first-order valence-corrected chi connectivity index (χ1v) is 5.99. The molecule has 3 nitrogen and oxygen atoms in total. The van der Waals surface area contributed by atoms with Gasteiger partial charge >= 0.3 is 6.18 Å². The van der Waals surface area contributed by atoms with Gasteiger partial charge in [-0.3, -0.25) is 0 Å². The first-order valence-electron chi connectivity index (χ1n) is 5.11. The van der Waals surface area contributed by atoms with E-state index in [9.17, 15) is 13.2 Å². The number of hydrogen-bond donors (Lipinski definition) is 2. The number of halogens is 3. The second-order valence-electron chi connectivity index (χ2n) is 3.86. The fourth-order valence-electron chi connectivity index (χ4n) is 1.38. The second kappa shape index (κ2) is 5.51. The number of nitrogens with two attached hydrogens (primary N) is 1. The van der Waals surface area contributed by atoms with Gasteiger partial charge in [0, 0.05) is 15.7 Å². The molecule has 0 fully saturated rings. The van der Waals surface area contributed by atoms with E-state index >= 15 is 0 Å². The summed E-state index contributed by atoms with van der Waals surface area (Å²) < 4.78 is 38.2. The molecule has 0 aromatic heterocycles. The van der Waals surface area contributed by atoms with E-state index in [2.05, 4.69) is 5.16 Å². The molecule has 0 spiro atoms. The molecule has 0 aliphatic rings. The Bertz CT molecular complexity index is 458. The molecule has 0 heterocycles. The van der Waals surface area contributed by atoms with Gasteiger partial charge in [-0.15, -0.1) is 11.8 Å². The fourth-order valence-corrected chi connectivity index (χ4v) is 2.26. The normalized spacial score (nSPS) is 13.1. The molecule has 18 heavy (non-hydrogen) atoms. The monoisotopic (exact) mass is 278 g/mol. The van der Waals surface area contributed by atoms with Crippen LogP contribution >= 0.6 is 11.8 Å². The summed E-state index contributed by atoms with van der Waals surface area (Å²) >= 11 is 1.40. The van der Waals surface area contributed by atoms with E-state index in [1.807, 2.05) is 13.8 Å².